The Hall–Kier alpha value is -1.49. The normalized spacial score (nSPS) is 14.5. The topological polar surface area (TPSA) is 24.3 Å². The quantitative estimate of drug-likeness (QED) is 0.851. The van der Waals surface area contributed by atoms with Crippen molar-refractivity contribution < 1.29 is 0 Å². The molecule has 2 heterocycles. The van der Waals surface area contributed by atoms with E-state index in [1.54, 1.807) is 0 Å². The maximum absolute atomic E-state index is 4.60. The monoisotopic (exact) mass is 348 g/mol. The highest BCUT2D eigenvalue weighted by Gasteiger charge is 2.22. The number of likely N-dealkylation sites (N-methyl/N-ethyl adjacent to an activating group) is 1. The zero-order chi connectivity index (χ0) is 15.0. The Morgan fingerprint density at radius 1 is 1.14 bits per heavy atom. The Morgan fingerprint density at radius 2 is 1.86 bits per heavy atom. The first-order chi connectivity index (χ1) is 10.1. The zero-order valence-electron chi connectivity index (χ0n) is 12.8. The molecule has 0 atom stereocenters. The Bertz CT molecular complexity index is 650. The van der Waals surface area contributed by atoms with Crippen LogP contribution in [0, 0.1) is 0 Å². The summed E-state index contributed by atoms with van der Waals surface area (Å²) in [6.07, 6.45) is 0.952. The van der Waals surface area contributed by atoms with Crippen LogP contribution in [0.15, 0.2) is 28.7 Å². The van der Waals surface area contributed by atoms with Crippen LogP contribution >= 0.6 is 15.9 Å². The summed E-state index contributed by atoms with van der Waals surface area (Å²) in [5.74, 6) is 0. The summed E-state index contributed by atoms with van der Waals surface area (Å²) in [4.78, 5) is 4.76. The second kappa shape index (κ2) is 5.72. The Morgan fingerprint density at radius 3 is 2.52 bits per heavy atom. The molecule has 1 aromatic carbocycles. The third-order valence-electron chi connectivity index (χ3n) is 4.18. The average Bonchev–Trinajstić information content (AvgIpc) is 2.77. The van der Waals surface area contributed by atoms with Gasteiger partial charge in [0.1, 0.15) is 0 Å². The van der Waals surface area contributed by atoms with Crippen LogP contribution in [-0.2, 0) is 20.0 Å². The summed E-state index contributed by atoms with van der Waals surface area (Å²) < 4.78 is 3.16. The van der Waals surface area contributed by atoms with Gasteiger partial charge in [0.25, 0.3) is 0 Å². The van der Waals surface area contributed by atoms with Crippen LogP contribution in [0.2, 0.25) is 0 Å². The third-order valence-corrected chi connectivity index (χ3v) is 5.10. The lowest BCUT2D eigenvalue weighted by atomic mass is 10.1. The molecule has 0 saturated carbocycles. The van der Waals surface area contributed by atoms with E-state index < -0.39 is 0 Å². The number of aryl methyl sites for hydroxylation is 2. The smallest absolute Gasteiger partial charge is 0.0767 e. The molecular weight excluding hydrogens is 328 g/mol. The van der Waals surface area contributed by atoms with Gasteiger partial charge in [-0.15, -0.1) is 0 Å². The lowest BCUT2D eigenvalue weighted by Gasteiger charge is -2.37. The van der Waals surface area contributed by atoms with Gasteiger partial charge in [-0.2, -0.15) is 5.10 Å². The van der Waals surface area contributed by atoms with E-state index in [1.807, 2.05) is 11.7 Å². The molecule has 112 valence electrons. The fourth-order valence-corrected chi connectivity index (χ4v) is 3.64. The summed E-state index contributed by atoms with van der Waals surface area (Å²) >= 11 is 3.72. The predicted octanol–water partition coefficient (Wildman–Crippen LogP) is 3.20. The van der Waals surface area contributed by atoms with Crippen LogP contribution in [0.4, 0.5) is 11.4 Å². The molecule has 0 radical (unpaired) electrons. The van der Waals surface area contributed by atoms with E-state index >= 15 is 0 Å². The van der Waals surface area contributed by atoms with Crippen LogP contribution in [0.1, 0.15) is 18.3 Å². The Kier molecular flexibility index (Phi) is 3.93. The molecule has 0 N–H and O–H groups in total. The average molecular weight is 349 g/mol. The lowest BCUT2D eigenvalue weighted by Crippen LogP contribution is -2.39. The van der Waals surface area contributed by atoms with Crippen molar-refractivity contribution in [1.82, 2.24) is 9.78 Å². The first-order valence-electron chi connectivity index (χ1n) is 7.37. The largest absolute Gasteiger partial charge is 0.371 e. The van der Waals surface area contributed by atoms with Crippen LogP contribution in [0.25, 0.3) is 0 Å². The Balaban J connectivity index is 1.93. The van der Waals surface area contributed by atoms with E-state index in [-0.39, 0.29) is 0 Å². The van der Waals surface area contributed by atoms with Crippen LogP contribution in [-0.4, -0.2) is 29.9 Å². The molecule has 0 unspecified atom stereocenters. The number of para-hydroxylation sites is 2. The molecule has 1 aliphatic rings. The molecule has 1 aliphatic heterocycles. The number of nitrogens with zero attached hydrogens (tertiary/aromatic N) is 4. The lowest BCUT2D eigenvalue weighted by molar-refractivity contribution is 0.659. The second-order valence-corrected chi connectivity index (χ2v) is 6.31. The maximum Gasteiger partial charge on any atom is 0.0767 e. The molecule has 0 fully saturated rings. The van der Waals surface area contributed by atoms with Gasteiger partial charge in [-0.25, -0.2) is 0 Å². The molecule has 21 heavy (non-hydrogen) atoms. The molecule has 0 amide bonds. The van der Waals surface area contributed by atoms with Gasteiger partial charge in [0.2, 0.25) is 0 Å². The number of aromatic nitrogens is 2. The van der Waals surface area contributed by atoms with Crippen molar-refractivity contribution in [2.24, 2.45) is 7.05 Å². The molecule has 0 bridgehead atoms. The number of fused-ring (bicyclic) bond motifs is 1. The molecule has 0 spiro atoms. The van der Waals surface area contributed by atoms with Gasteiger partial charge in [0, 0.05) is 27.2 Å². The summed E-state index contributed by atoms with van der Waals surface area (Å²) in [5.41, 5.74) is 4.98. The fraction of sp³-hybridized carbons (Fsp3) is 0.438. The molecule has 0 saturated heterocycles. The maximum atomic E-state index is 4.60. The van der Waals surface area contributed by atoms with Crippen LogP contribution in [0.3, 0.4) is 0 Å². The number of halogens is 1. The standard InChI is InChI=1S/C16H21BrN4/c1-4-12-16(17)15(20(3)18-12)11-21-10-9-19(2)13-7-5-6-8-14(13)21/h5-8H,4,9-11H2,1-3H3. The highest BCUT2D eigenvalue weighted by Crippen LogP contribution is 2.34. The van der Waals surface area contributed by atoms with Crippen molar-refractivity contribution >= 4 is 27.3 Å². The van der Waals surface area contributed by atoms with Crippen molar-refractivity contribution in [2.45, 2.75) is 19.9 Å². The third kappa shape index (κ3) is 2.55. The zero-order valence-corrected chi connectivity index (χ0v) is 14.4. The van der Waals surface area contributed by atoms with Crippen molar-refractivity contribution in [3.05, 3.63) is 40.1 Å². The summed E-state index contributed by atoms with van der Waals surface area (Å²) in [7, 11) is 4.19. The van der Waals surface area contributed by atoms with Crippen LogP contribution in [0.5, 0.6) is 0 Å². The molecule has 1 aromatic heterocycles. The van der Waals surface area contributed by atoms with E-state index in [9.17, 15) is 0 Å². The number of hydrogen-bond acceptors (Lipinski definition) is 3. The van der Waals surface area contributed by atoms with Crippen molar-refractivity contribution in [2.75, 3.05) is 29.9 Å². The second-order valence-electron chi connectivity index (χ2n) is 5.52. The first-order valence-corrected chi connectivity index (χ1v) is 8.16. The molecule has 2 aromatic rings. The van der Waals surface area contributed by atoms with Gasteiger partial charge in [-0.1, -0.05) is 19.1 Å². The molecular formula is C16H21BrN4. The Labute approximate surface area is 134 Å². The summed E-state index contributed by atoms with van der Waals surface area (Å²) in [6, 6.07) is 8.61. The van der Waals surface area contributed by atoms with E-state index in [0.29, 0.717) is 0 Å². The molecule has 0 aliphatic carbocycles. The van der Waals surface area contributed by atoms with E-state index in [4.69, 9.17) is 0 Å². The minimum absolute atomic E-state index is 0.884. The predicted molar refractivity (Wildman–Crippen MR) is 91.0 cm³/mol. The minimum Gasteiger partial charge on any atom is -0.371 e. The molecule has 3 rings (SSSR count). The SMILES string of the molecule is CCc1nn(C)c(CN2CCN(C)c3ccccc32)c1Br. The van der Waals surface area contributed by atoms with Gasteiger partial charge < -0.3 is 9.80 Å². The molecule has 4 nitrogen and oxygen atoms in total. The highest BCUT2D eigenvalue weighted by molar-refractivity contribution is 9.10. The summed E-state index contributed by atoms with van der Waals surface area (Å²) in [6.45, 7) is 5.11. The first kappa shape index (κ1) is 14.4. The van der Waals surface area contributed by atoms with Gasteiger partial charge in [0.05, 0.1) is 33.8 Å². The van der Waals surface area contributed by atoms with Gasteiger partial charge >= 0.3 is 0 Å². The van der Waals surface area contributed by atoms with Crippen molar-refractivity contribution in [1.29, 1.82) is 0 Å². The molecule has 5 heteroatoms. The van der Waals surface area contributed by atoms with E-state index in [2.05, 4.69) is 69.1 Å². The van der Waals surface area contributed by atoms with E-state index in [0.717, 1.165) is 36.2 Å². The summed E-state index contributed by atoms with van der Waals surface area (Å²) in [5, 5.41) is 4.60. The fourth-order valence-electron chi connectivity index (χ4n) is 2.90. The number of benzene rings is 1. The number of hydrogen-bond donors (Lipinski definition) is 0. The van der Waals surface area contributed by atoms with Crippen molar-refractivity contribution in [3.8, 4) is 0 Å². The van der Waals surface area contributed by atoms with Gasteiger partial charge in [-0.3, -0.25) is 4.68 Å². The minimum atomic E-state index is 0.884. The van der Waals surface area contributed by atoms with Crippen LogP contribution < -0.4 is 9.80 Å². The number of rotatable bonds is 3. The van der Waals surface area contributed by atoms with Gasteiger partial charge in [-0.05, 0) is 34.5 Å². The number of anilines is 2. The highest BCUT2D eigenvalue weighted by atomic mass is 79.9. The van der Waals surface area contributed by atoms with E-state index in [1.165, 1.54) is 17.1 Å². The van der Waals surface area contributed by atoms with Crippen molar-refractivity contribution in [3.63, 3.8) is 0 Å². The van der Waals surface area contributed by atoms with Gasteiger partial charge in [0.15, 0.2) is 0 Å².